The lowest BCUT2D eigenvalue weighted by Crippen LogP contribution is -2.58. The van der Waals surface area contributed by atoms with Gasteiger partial charge < -0.3 is 25.0 Å². The molecule has 2 aromatic carbocycles. The number of carboxylic acid groups (broad SMARTS) is 1. The fourth-order valence-electron chi connectivity index (χ4n) is 4.91. The Balaban J connectivity index is 1.60. The van der Waals surface area contributed by atoms with E-state index in [1.54, 1.807) is 36.3 Å². The molecule has 1 saturated heterocycles. The second kappa shape index (κ2) is 9.92. The number of halogens is 1. The van der Waals surface area contributed by atoms with Crippen molar-refractivity contribution in [1.29, 1.82) is 0 Å². The Morgan fingerprint density at radius 2 is 1.86 bits per heavy atom. The van der Waals surface area contributed by atoms with Crippen LogP contribution in [0.1, 0.15) is 23.6 Å². The zero-order valence-corrected chi connectivity index (χ0v) is 22.0. The van der Waals surface area contributed by atoms with Gasteiger partial charge in [0.05, 0.1) is 21.6 Å². The van der Waals surface area contributed by atoms with Crippen LogP contribution in [0.2, 0.25) is 19.6 Å². The molecule has 2 N–H and O–H groups in total. The number of carboxylic acids is 1. The highest BCUT2D eigenvalue weighted by Crippen LogP contribution is 2.35. The summed E-state index contributed by atoms with van der Waals surface area (Å²) in [6.07, 6.45) is 0.559. The molecular weight excluding hydrogens is 481 g/mol. The van der Waals surface area contributed by atoms with Gasteiger partial charge in [0.25, 0.3) is 5.91 Å². The number of ether oxygens (including phenoxy) is 1. The van der Waals surface area contributed by atoms with Crippen LogP contribution in [-0.2, 0) is 16.0 Å². The molecule has 3 amide bonds. The van der Waals surface area contributed by atoms with Gasteiger partial charge in [-0.1, -0.05) is 31.8 Å². The molecule has 192 valence electrons. The summed E-state index contributed by atoms with van der Waals surface area (Å²) < 4.78 is 20.1. The molecule has 0 unspecified atom stereocenters. The summed E-state index contributed by atoms with van der Waals surface area (Å²) in [7, 11) is -0.307. The van der Waals surface area contributed by atoms with Crippen LogP contribution in [0.15, 0.2) is 36.4 Å². The van der Waals surface area contributed by atoms with Crippen LogP contribution in [0.5, 0.6) is 5.75 Å². The number of anilines is 1. The van der Waals surface area contributed by atoms with Crippen molar-refractivity contribution in [3.63, 3.8) is 0 Å². The second-order valence-electron chi connectivity index (χ2n) is 10.5. The number of fused-ring (bicyclic) bond motifs is 1. The molecule has 2 aliphatic rings. The highest BCUT2D eigenvalue weighted by molar-refractivity contribution is 6.88. The first-order chi connectivity index (χ1) is 17.0. The van der Waals surface area contributed by atoms with E-state index < -0.39 is 26.0 Å². The van der Waals surface area contributed by atoms with Gasteiger partial charge in [-0.25, -0.2) is 9.18 Å². The van der Waals surface area contributed by atoms with Crippen molar-refractivity contribution >= 4 is 36.9 Å². The van der Waals surface area contributed by atoms with Gasteiger partial charge >= 0.3 is 12.0 Å². The van der Waals surface area contributed by atoms with Gasteiger partial charge in [0.1, 0.15) is 17.6 Å². The predicted molar refractivity (Wildman–Crippen MR) is 137 cm³/mol. The maximum atomic E-state index is 14.8. The standard InChI is InChI=1S/C26H32FN3O5Si/c1-35-19-6-7-20-17(12-19)9-10-30(26(34)29-14-16(15-29)11-23(31)32)24(20)25(33)28-18-5-8-22(21(27)13-18)36(2,3)4/h5-8,12-13,16,24H,9-11,14-15H2,1-4H3,(H,28,33)(H,31,32)/t24-/m1/s1. The molecule has 4 rings (SSSR count). The van der Waals surface area contributed by atoms with Crippen molar-refractivity contribution in [3.8, 4) is 5.75 Å². The van der Waals surface area contributed by atoms with Crippen molar-refractivity contribution in [2.75, 3.05) is 32.1 Å². The molecule has 36 heavy (non-hydrogen) atoms. The average Bonchev–Trinajstić information content (AvgIpc) is 2.78. The lowest BCUT2D eigenvalue weighted by atomic mass is 9.91. The van der Waals surface area contributed by atoms with Gasteiger partial charge in [-0.05, 0) is 47.0 Å². The number of amides is 3. The van der Waals surface area contributed by atoms with E-state index in [0.29, 0.717) is 48.2 Å². The van der Waals surface area contributed by atoms with E-state index in [1.807, 2.05) is 6.07 Å². The van der Waals surface area contributed by atoms with Crippen LogP contribution in [-0.4, -0.2) is 67.6 Å². The van der Waals surface area contributed by atoms with Gasteiger partial charge in [0.2, 0.25) is 0 Å². The number of hydrogen-bond donors (Lipinski definition) is 2. The zero-order valence-electron chi connectivity index (χ0n) is 21.0. The van der Waals surface area contributed by atoms with Crippen LogP contribution in [0.3, 0.4) is 0 Å². The van der Waals surface area contributed by atoms with E-state index in [9.17, 15) is 18.8 Å². The summed E-state index contributed by atoms with van der Waals surface area (Å²) in [5.41, 5.74) is 1.93. The Morgan fingerprint density at radius 1 is 1.14 bits per heavy atom. The number of hydrogen-bond acceptors (Lipinski definition) is 4. The van der Waals surface area contributed by atoms with Crippen LogP contribution in [0, 0.1) is 11.7 Å². The number of carbonyl (C=O) groups is 3. The molecule has 8 nitrogen and oxygen atoms in total. The molecular formula is C26H32FN3O5Si. The predicted octanol–water partition coefficient (Wildman–Crippen LogP) is 3.44. The van der Waals surface area contributed by atoms with Gasteiger partial charge in [-0.15, -0.1) is 0 Å². The molecule has 1 atom stereocenters. The lowest BCUT2D eigenvalue weighted by Gasteiger charge is -2.45. The van der Waals surface area contributed by atoms with E-state index >= 15 is 0 Å². The molecule has 0 radical (unpaired) electrons. The molecule has 10 heteroatoms. The number of nitrogens with zero attached hydrogens (tertiary/aromatic N) is 2. The fraction of sp³-hybridized carbons (Fsp3) is 0.423. The summed E-state index contributed by atoms with van der Waals surface area (Å²) in [5, 5.41) is 12.5. The number of benzene rings is 2. The number of likely N-dealkylation sites (tertiary alicyclic amines) is 1. The van der Waals surface area contributed by atoms with Crippen LogP contribution in [0.4, 0.5) is 14.9 Å². The minimum absolute atomic E-state index is 0.00923. The zero-order chi connectivity index (χ0) is 26.2. The lowest BCUT2D eigenvalue weighted by molar-refractivity contribution is -0.139. The van der Waals surface area contributed by atoms with E-state index in [2.05, 4.69) is 25.0 Å². The molecule has 0 aliphatic carbocycles. The second-order valence-corrected chi connectivity index (χ2v) is 15.5. The van der Waals surface area contributed by atoms with Gasteiger partial charge in [-0.2, -0.15) is 0 Å². The number of carbonyl (C=O) groups excluding carboxylic acids is 2. The Morgan fingerprint density at radius 3 is 2.47 bits per heavy atom. The highest BCUT2D eigenvalue weighted by Gasteiger charge is 2.41. The normalized spacial score (nSPS) is 17.8. The number of nitrogens with one attached hydrogen (secondary N) is 1. The maximum absolute atomic E-state index is 14.8. The van der Waals surface area contributed by atoms with E-state index in [-0.39, 0.29) is 24.2 Å². The summed E-state index contributed by atoms with van der Waals surface area (Å²) in [4.78, 5) is 41.0. The topological polar surface area (TPSA) is 99.2 Å². The van der Waals surface area contributed by atoms with Crippen molar-refractivity contribution in [3.05, 3.63) is 53.3 Å². The molecule has 2 aliphatic heterocycles. The third-order valence-electron chi connectivity index (χ3n) is 6.81. The van der Waals surface area contributed by atoms with Crippen molar-refractivity contribution < 1.29 is 28.6 Å². The van der Waals surface area contributed by atoms with Crippen molar-refractivity contribution in [2.45, 2.75) is 38.5 Å². The number of urea groups is 1. The average molecular weight is 514 g/mol. The third kappa shape index (κ3) is 5.23. The smallest absolute Gasteiger partial charge is 0.320 e. The van der Waals surface area contributed by atoms with Crippen LogP contribution >= 0.6 is 0 Å². The van der Waals surface area contributed by atoms with E-state index in [4.69, 9.17) is 9.84 Å². The number of aliphatic carboxylic acids is 1. The van der Waals surface area contributed by atoms with Crippen LogP contribution in [0.25, 0.3) is 0 Å². The van der Waals surface area contributed by atoms with Crippen LogP contribution < -0.4 is 15.2 Å². The minimum Gasteiger partial charge on any atom is -0.497 e. The molecule has 0 aromatic heterocycles. The monoisotopic (exact) mass is 513 g/mol. The van der Waals surface area contributed by atoms with E-state index in [0.717, 1.165) is 5.56 Å². The van der Waals surface area contributed by atoms with Crippen molar-refractivity contribution in [1.82, 2.24) is 9.80 Å². The summed E-state index contributed by atoms with van der Waals surface area (Å²) >= 11 is 0. The first-order valence-corrected chi connectivity index (χ1v) is 15.5. The Bertz CT molecular complexity index is 1190. The largest absolute Gasteiger partial charge is 0.497 e. The summed E-state index contributed by atoms with van der Waals surface area (Å²) in [6.45, 7) is 7.16. The first-order valence-electron chi connectivity index (χ1n) is 12.0. The van der Waals surface area contributed by atoms with Gasteiger partial charge in [0.15, 0.2) is 0 Å². The Hall–Kier alpha value is -3.40. The Labute approximate surface area is 211 Å². The maximum Gasteiger partial charge on any atom is 0.320 e. The van der Waals surface area contributed by atoms with Gasteiger partial charge in [0, 0.05) is 31.2 Å². The molecule has 0 bridgehead atoms. The number of rotatable bonds is 6. The quantitative estimate of drug-likeness (QED) is 0.577. The van der Waals surface area contributed by atoms with Gasteiger partial charge in [-0.3, -0.25) is 9.59 Å². The molecule has 0 saturated carbocycles. The SMILES string of the molecule is COc1ccc2c(c1)CCN(C(=O)N1CC(CC(=O)O)C1)[C@H]2C(=O)Nc1ccc([Si](C)(C)C)c(F)c1. The fourth-order valence-corrected chi connectivity index (χ4v) is 6.29. The highest BCUT2D eigenvalue weighted by atomic mass is 28.3. The minimum atomic E-state index is -1.88. The molecule has 2 heterocycles. The molecule has 1 fully saturated rings. The summed E-state index contributed by atoms with van der Waals surface area (Å²) in [5.74, 6) is -1.10. The first kappa shape index (κ1) is 25.7. The Kier molecular flexibility index (Phi) is 7.08. The molecule has 2 aromatic rings. The van der Waals surface area contributed by atoms with Crippen molar-refractivity contribution in [2.24, 2.45) is 5.92 Å². The summed E-state index contributed by atoms with van der Waals surface area (Å²) in [6, 6.07) is 8.95. The molecule has 0 spiro atoms. The third-order valence-corrected chi connectivity index (χ3v) is 8.83. The van der Waals surface area contributed by atoms with E-state index in [1.165, 1.54) is 11.0 Å². The number of methoxy groups -OCH3 is 1.